The molecular formula is C20H24F3N5O2S. The summed E-state index contributed by atoms with van der Waals surface area (Å²) in [5.74, 6) is 0.0122. The molecule has 3 rings (SSSR count). The standard InChI is InChI=1S/C20H24F3N5O2S/c1-4-28(17-8-6-15(11-24)18(10-17)20(21,22)23)16-7-5-14(9-16)19-12-27(13-25-19)31(29,30)26(2)3/h6,8,10,12-14,16H,4-5,7,9H2,1-3H3. The van der Waals surface area contributed by atoms with Crippen LogP contribution in [-0.4, -0.2) is 48.4 Å². The summed E-state index contributed by atoms with van der Waals surface area (Å²) >= 11 is 0. The second-order valence-corrected chi connectivity index (χ2v) is 9.76. The average Bonchev–Trinajstić information content (AvgIpc) is 3.37. The van der Waals surface area contributed by atoms with E-state index in [1.54, 1.807) is 12.1 Å². The van der Waals surface area contributed by atoms with Gasteiger partial charge in [0.2, 0.25) is 0 Å². The molecular weight excluding hydrogens is 431 g/mol. The van der Waals surface area contributed by atoms with Crippen LogP contribution in [-0.2, 0) is 16.4 Å². The Morgan fingerprint density at radius 2 is 2.00 bits per heavy atom. The Balaban J connectivity index is 1.82. The van der Waals surface area contributed by atoms with Crippen molar-refractivity contribution in [1.29, 1.82) is 5.26 Å². The van der Waals surface area contributed by atoms with Crippen LogP contribution in [0.4, 0.5) is 18.9 Å². The van der Waals surface area contributed by atoms with E-state index in [9.17, 15) is 21.6 Å². The van der Waals surface area contributed by atoms with Crippen LogP contribution in [0.15, 0.2) is 30.7 Å². The second kappa shape index (κ2) is 8.51. The van der Waals surface area contributed by atoms with Crippen molar-refractivity contribution < 1.29 is 21.6 Å². The molecule has 1 aromatic carbocycles. The van der Waals surface area contributed by atoms with Crippen molar-refractivity contribution in [2.45, 2.75) is 44.3 Å². The number of benzene rings is 1. The molecule has 2 unspecified atom stereocenters. The summed E-state index contributed by atoms with van der Waals surface area (Å²) in [6, 6.07) is 5.38. The van der Waals surface area contributed by atoms with Gasteiger partial charge in [0, 0.05) is 44.5 Å². The first-order valence-electron chi connectivity index (χ1n) is 9.84. The largest absolute Gasteiger partial charge is 0.417 e. The van der Waals surface area contributed by atoms with Crippen molar-refractivity contribution in [1.82, 2.24) is 13.3 Å². The van der Waals surface area contributed by atoms with E-state index < -0.39 is 27.5 Å². The number of imidazole rings is 1. The van der Waals surface area contributed by atoms with Gasteiger partial charge in [-0.1, -0.05) is 0 Å². The number of alkyl halides is 3. The minimum absolute atomic E-state index is 0.0122. The Labute approximate surface area is 179 Å². The molecule has 1 aliphatic rings. The molecule has 31 heavy (non-hydrogen) atoms. The molecule has 2 aromatic rings. The number of aromatic nitrogens is 2. The minimum atomic E-state index is -4.61. The van der Waals surface area contributed by atoms with Gasteiger partial charge >= 0.3 is 16.4 Å². The van der Waals surface area contributed by atoms with Crippen molar-refractivity contribution in [3.05, 3.63) is 47.5 Å². The summed E-state index contributed by atoms with van der Waals surface area (Å²) in [6.45, 7) is 2.38. The summed E-state index contributed by atoms with van der Waals surface area (Å²) in [4.78, 5) is 6.17. The van der Waals surface area contributed by atoms with Gasteiger partial charge in [0.25, 0.3) is 0 Å². The molecule has 168 valence electrons. The summed E-state index contributed by atoms with van der Waals surface area (Å²) < 4.78 is 66.8. The Morgan fingerprint density at radius 3 is 2.58 bits per heavy atom. The third-order valence-electron chi connectivity index (χ3n) is 5.67. The first-order chi connectivity index (χ1) is 14.5. The van der Waals surface area contributed by atoms with Crippen molar-refractivity contribution in [3.63, 3.8) is 0 Å². The monoisotopic (exact) mass is 455 g/mol. The zero-order chi connectivity index (χ0) is 23.0. The summed E-state index contributed by atoms with van der Waals surface area (Å²) in [7, 11) is -0.770. The predicted octanol–water partition coefficient (Wildman–Crippen LogP) is 3.59. The Bertz CT molecular complexity index is 1090. The van der Waals surface area contributed by atoms with Crippen LogP contribution in [0.1, 0.15) is 48.9 Å². The highest BCUT2D eigenvalue weighted by molar-refractivity contribution is 7.87. The van der Waals surface area contributed by atoms with Crippen LogP contribution in [0.2, 0.25) is 0 Å². The predicted molar refractivity (Wildman–Crippen MR) is 110 cm³/mol. The van der Waals surface area contributed by atoms with E-state index in [0.29, 0.717) is 24.3 Å². The molecule has 0 aliphatic heterocycles. The SMILES string of the molecule is CCN(c1ccc(C#N)c(C(F)(F)F)c1)C1CCC(c2cn(S(=O)(=O)N(C)C)cn2)C1. The number of rotatable bonds is 6. The number of hydrogen-bond acceptors (Lipinski definition) is 5. The number of anilines is 1. The number of halogens is 3. The van der Waals surface area contributed by atoms with Crippen molar-refractivity contribution in [2.24, 2.45) is 0 Å². The van der Waals surface area contributed by atoms with Crippen LogP contribution in [0.25, 0.3) is 0 Å². The highest BCUT2D eigenvalue weighted by Crippen LogP contribution is 2.40. The molecule has 1 heterocycles. The molecule has 0 saturated heterocycles. The van der Waals surface area contributed by atoms with Gasteiger partial charge in [0.1, 0.15) is 6.33 Å². The normalized spacial score (nSPS) is 19.5. The quantitative estimate of drug-likeness (QED) is 0.665. The molecule has 7 nitrogen and oxygen atoms in total. The van der Waals surface area contributed by atoms with Gasteiger partial charge in [0.15, 0.2) is 0 Å². The molecule has 1 saturated carbocycles. The first kappa shape index (κ1) is 23.1. The van der Waals surface area contributed by atoms with Gasteiger partial charge in [-0.25, -0.2) is 8.96 Å². The van der Waals surface area contributed by atoms with Gasteiger partial charge in [-0.05, 0) is 44.4 Å². The lowest BCUT2D eigenvalue weighted by molar-refractivity contribution is -0.137. The van der Waals surface area contributed by atoms with E-state index >= 15 is 0 Å². The van der Waals surface area contributed by atoms with Gasteiger partial charge < -0.3 is 4.90 Å². The molecule has 0 amide bonds. The van der Waals surface area contributed by atoms with E-state index in [4.69, 9.17) is 5.26 Å². The van der Waals surface area contributed by atoms with Crippen LogP contribution in [0.5, 0.6) is 0 Å². The first-order valence-corrected chi connectivity index (χ1v) is 11.2. The zero-order valence-corrected chi connectivity index (χ0v) is 18.3. The van der Waals surface area contributed by atoms with Crippen LogP contribution >= 0.6 is 0 Å². The van der Waals surface area contributed by atoms with E-state index in [2.05, 4.69) is 4.98 Å². The number of nitrogens with zero attached hydrogens (tertiary/aromatic N) is 5. The van der Waals surface area contributed by atoms with Crippen molar-refractivity contribution in [3.8, 4) is 6.07 Å². The molecule has 0 radical (unpaired) electrons. The van der Waals surface area contributed by atoms with E-state index in [0.717, 1.165) is 27.2 Å². The van der Waals surface area contributed by atoms with Crippen LogP contribution in [0.3, 0.4) is 0 Å². The lowest BCUT2D eigenvalue weighted by Crippen LogP contribution is -2.33. The minimum Gasteiger partial charge on any atom is -0.369 e. The fourth-order valence-corrected chi connectivity index (χ4v) is 4.83. The molecule has 2 atom stereocenters. The summed E-state index contributed by atoms with van der Waals surface area (Å²) in [6.07, 6.45) is 0.307. The average molecular weight is 456 g/mol. The highest BCUT2D eigenvalue weighted by Gasteiger charge is 2.36. The highest BCUT2D eigenvalue weighted by atomic mass is 32.2. The summed E-state index contributed by atoms with van der Waals surface area (Å²) in [5.41, 5.74) is -0.266. The van der Waals surface area contributed by atoms with E-state index in [1.807, 2.05) is 11.8 Å². The van der Waals surface area contributed by atoms with Crippen molar-refractivity contribution >= 4 is 15.9 Å². The van der Waals surface area contributed by atoms with Gasteiger partial charge in [0.05, 0.1) is 22.9 Å². The molecule has 0 bridgehead atoms. The second-order valence-electron chi connectivity index (χ2n) is 7.71. The van der Waals surface area contributed by atoms with Crippen molar-refractivity contribution in [2.75, 3.05) is 25.5 Å². The Hall–Kier alpha value is -2.58. The van der Waals surface area contributed by atoms with E-state index in [1.165, 1.54) is 32.7 Å². The molecule has 0 spiro atoms. The fourth-order valence-electron chi connectivity index (χ4n) is 4.05. The maximum absolute atomic E-state index is 13.4. The maximum Gasteiger partial charge on any atom is 0.417 e. The molecule has 0 N–H and O–H groups in total. The van der Waals surface area contributed by atoms with Gasteiger partial charge in [-0.15, -0.1) is 0 Å². The molecule has 1 aromatic heterocycles. The number of nitriles is 1. The zero-order valence-electron chi connectivity index (χ0n) is 17.5. The number of hydrogen-bond donors (Lipinski definition) is 0. The van der Waals surface area contributed by atoms with E-state index in [-0.39, 0.29) is 12.0 Å². The van der Waals surface area contributed by atoms with Crippen LogP contribution < -0.4 is 4.90 Å². The third-order valence-corrected chi connectivity index (χ3v) is 7.33. The Morgan fingerprint density at radius 1 is 1.29 bits per heavy atom. The lowest BCUT2D eigenvalue weighted by Gasteiger charge is -2.31. The smallest absolute Gasteiger partial charge is 0.369 e. The fraction of sp³-hybridized carbons (Fsp3) is 0.500. The van der Waals surface area contributed by atoms with Crippen LogP contribution in [0, 0.1) is 11.3 Å². The molecule has 1 fully saturated rings. The topological polar surface area (TPSA) is 82.2 Å². The maximum atomic E-state index is 13.4. The van der Waals surface area contributed by atoms with Gasteiger partial charge in [-0.3, -0.25) is 0 Å². The lowest BCUT2D eigenvalue weighted by atomic mass is 10.0. The summed E-state index contributed by atoms with van der Waals surface area (Å²) in [5, 5.41) is 9.02. The molecule has 11 heteroatoms. The molecule has 1 aliphatic carbocycles. The Kier molecular flexibility index (Phi) is 6.34. The third kappa shape index (κ3) is 4.55. The van der Waals surface area contributed by atoms with Gasteiger partial charge in [-0.2, -0.15) is 31.2 Å².